The molecule has 0 saturated carbocycles. The Bertz CT molecular complexity index is 332. The van der Waals surface area contributed by atoms with E-state index >= 15 is 0 Å². The molecule has 4 heteroatoms. The van der Waals surface area contributed by atoms with Gasteiger partial charge in [0.1, 0.15) is 0 Å². The molecule has 0 aromatic rings. The molecule has 0 aromatic heterocycles. The van der Waals surface area contributed by atoms with E-state index in [0.717, 1.165) is 45.3 Å². The molecule has 1 N–H and O–H groups in total. The van der Waals surface area contributed by atoms with Crippen LogP contribution in [0.4, 0.5) is 0 Å². The Labute approximate surface area is 143 Å². The van der Waals surface area contributed by atoms with Gasteiger partial charge in [-0.25, -0.2) is 0 Å². The van der Waals surface area contributed by atoms with Crippen LogP contribution in [0.5, 0.6) is 0 Å². The molecule has 2 aliphatic rings. The molecule has 2 aliphatic heterocycles. The van der Waals surface area contributed by atoms with Crippen molar-refractivity contribution in [1.82, 2.24) is 14.7 Å². The molecular formula is C19H39N3O. The summed E-state index contributed by atoms with van der Waals surface area (Å²) >= 11 is 0. The van der Waals surface area contributed by atoms with Crippen molar-refractivity contribution in [3.8, 4) is 0 Å². The number of piperazine rings is 1. The van der Waals surface area contributed by atoms with Crippen LogP contribution in [0.3, 0.4) is 0 Å². The van der Waals surface area contributed by atoms with Crippen molar-refractivity contribution in [2.24, 2.45) is 0 Å². The fraction of sp³-hybridized carbons (Fsp3) is 1.00. The van der Waals surface area contributed by atoms with E-state index in [1.54, 1.807) is 0 Å². The van der Waals surface area contributed by atoms with Gasteiger partial charge in [0.25, 0.3) is 0 Å². The Morgan fingerprint density at radius 1 is 0.913 bits per heavy atom. The number of likely N-dealkylation sites (tertiary alicyclic amines) is 1. The lowest BCUT2D eigenvalue weighted by Crippen LogP contribution is -2.49. The maximum Gasteiger partial charge on any atom is 0.0672 e. The van der Waals surface area contributed by atoms with E-state index < -0.39 is 5.60 Å². The van der Waals surface area contributed by atoms with E-state index in [-0.39, 0.29) is 0 Å². The zero-order valence-electron chi connectivity index (χ0n) is 15.9. The second-order valence-electron chi connectivity index (χ2n) is 8.09. The smallest absolute Gasteiger partial charge is 0.0672 e. The number of piperidine rings is 1. The highest BCUT2D eigenvalue weighted by Gasteiger charge is 2.33. The maximum atomic E-state index is 10.8. The van der Waals surface area contributed by atoms with Crippen LogP contribution in [-0.2, 0) is 0 Å². The normalized spacial score (nSPS) is 25.8. The van der Waals surface area contributed by atoms with Gasteiger partial charge in [0, 0.05) is 51.4 Å². The third-order valence-electron chi connectivity index (χ3n) is 6.20. The van der Waals surface area contributed by atoms with Crippen LogP contribution >= 0.6 is 0 Å². The van der Waals surface area contributed by atoms with E-state index in [0.29, 0.717) is 12.1 Å². The Kier molecular flexibility index (Phi) is 7.33. The summed E-state index contributed by atoms with van der Waals surface area (Å²) in [5.74, 6) is 0. The van der Waals surface area contributed by atoms with Crippen LogP contribution in [0.1, 0.15) is 59.8 Å². The molecule has 23 heavy (non-hydrogen) atoms. The van der Waals surface area contributed by atoms with E-state index in [1.165, 1.54) is 32.6 Å². The Morgan fingerprint density at radius 3 is 2.04 bits per heavy atom. The average molecular weight is 326 g/mol. The summed E-state index contributed by atoms with van der Waals surface area (Å²) in [6.45, 7) is 17.2. The van der Waals surface area contributed by atoms with Gasteiger partial charge in [-0.15, -0.1) is 0 Å². The number of aliphatic hydroxyl groups is 1. The summed E-state index contributed by atoms with van der Waals surface area (Å²) in [5, 5.41) is 10.8. The van der Waals surface area contributed by atoms with Crippen LogP contribution < -0.4 is 0 Å². The highest BCUT2D eigenvalue weighted by atomic mass is 16.3. The Morgan fingerprint density at radius 2 is 1.52 bits per heavy atom. The van der Waals surface area contributed by atoms with Crippen LogP contribution in [-0.4, -0.2) is 83.3 Å². The molecule has 0 spiro atoms. The van der Waals surface area contributed by atoms with Crippen LogP contribution in [0.15, 0.2) is 0 Å². The molecule has 1 atom stereocenters. The summed E-state index contributed by atoms with van der Waals surface area (Å²) in [6.07, 6.45) is 5.24. The van der Waals surface area contributed by atoms with E-state index in [2.05, 4.69) is 42.4 Å². The Balaban J connectivity index is 1.63. The first kappa shape index (κ1) is 19.2. The van der Waals surface area contributed by atoms with Gasteiger partial charge >= 0.3 is 0 Å². The van der Waals surface area contributed by atoms with Crippen molar-refractivity contribution >= 4 is 0 Å². The van der Waals surface area contributed by atoms with Gasteiger partial charge < -0.3 is 14.9 Å². The molecule has 0 aromatic carbocycles. The van der Waals surface area contributed by atoms with Gasteiger partial charge in [-0.3, -0.25) is 4.90 Å². The minimum Gasteiger partial charge on any atom is -0.390 e. The Hall–Kier alpha value is -0.160. The SMILES string of the molecule is CCC(C)N1CCC(O)(CCCN2CCN(C(C)C)CC2)CC1. The van der Waals surface area contributed by atoms with Crippen molar-refractivity contribution in [2.45, 2.75) is 77.5 Å². The monoisotopic (exact) mass is 325 g/mol. The third-order valence-corrected chi connectivity index (χ3v) is 6.20. The van der Waals surface area contributed by atoms with Gasteiger partial charge in [0.05, 0.1) is 5.60 Å². The minimum absolute atomic E-state index is 0.399. The first-order valence-electron chi connectivity index (χ1n) is 9.86. The first-order valence-corrected chi connectivity index (χ1v) is 9.86. The molecule has 4 nitrogen and oxygen atoms in total. The number of rotatable bonds is 7. The number of nitrogens with zero attached hydrogens (tertiary/aromatic N) is 3. The van der Waals surface area contributed by atoms with Crippen molar-refractivity contribution in [3.63, 3.8) is 0 Å². The molecule has 0 bridgehead atoms. The molecule has 136 valence electrons. The predicted molar refractivity (Wildman–Crippen MR) is 97.9 cm³/mol. The van der Waals surface area contributed by atoms with E-state index in [1.807, 2.05) is 0 Å². The van der Waals surface area contributed by atoms with Crippen molar-refractivity contribution in [1.29, 1.82) is 0 Å². The molecule has 2 rings (SSSR count). The second-order valence-corrected chi connectivity index (χ2v) is 8.09. The number of hydrogen-bond donors (Lipinski definition) is 1. The molecule has 0 radical (unpaired) electrons. The van der Waals surface area contributed by atoms with Crippen LogP contribution in [0, 0.1) is 0 Å². The van der Waals surface area contributed by atoms with Gasteiger partial charge in [-0.05, 0) is 59.4 Å². The average Bonchev–Trinajstić information content (AvgIpc) is 2.55. The first-order chi connectivity index (χ1) is 10.9. The van der Waals surface area contributed by atoms with Gasteiger partial charge in [0.15, 0.2) is 0 Å². The zero-order chi connectivity index (χ0) is 16.9. The third kappa shape index (κ3) is 5.70. The highest BCUT2D eigenvalue weighted by molar-refractivity contribution is 4.87. The quantitative estimate of drug-likeness (QED) is 0.778. The summed E-state index contributed by atoms with van der Waals surface area (Å²) in [6, 6.07) is 1.34. The minimum atomic E-state index is -0.399. The van der Waals surface area contributed by atoms with Crippen molar-refractivity contribution in [3.05, 3.63) is 0 Å². The molecule has 2 heterocycles. The molecule has 2 saturated heterocycles. The standard InChI is InChI=1S/C19H39N3O/c1-5-18(4)22-11-8-19(23,9-12-22)7-6-10-20-13-15-21(16-14-20)17(2)3/h17-18,23H,5-16H2,1-4H3. The predicted octanol–water partition coefficient (Wildman–Crippen LogP) is 2.42. The summed E-state index contributed by atoms with van der Waals surface area (Å²) in [7, 11) is 0. The summed E-state index contributed by atoms with van der Waals surface area (Å²) in [5.41, 5.74) is -0.399. The van der Waals surface area contributed by atoms with Crippen LogP contribution in [0.25, 0.3) is 0 Å². The molecular weight excluding hydrogens is 286 g/mol. The fourth-order valence-electron chi connectivity index (χ4n) is 4.02. The topological polar surface area (TPSA) is 30.0 Å². The second kappa shape index (κ2) is 8.80. The van der Waals surface area contributed by atoms with Gasteiger partial charge in [0.2, 0.25) is 0 Å². The van der Waals surface area contributed by atoms with E-state index in [9.17, 15) is 5.11 Å². The fourth-order valence-corrected chi connectivity index (χ4v) is 4.02. The van der Waals surface area contributed by atoms with E-state index in [4.69, 9.17) is 0 Å². The highest BCUT2D eigenvalue weighted by Crippen LogP contribution is 2.28. The van der Waals surface area contributed by atoms with Gasteiger partial charge in [-0.2, -0.15) is 0 Å². The molecule has 0 aliphatic carbocycles. The van der Waals surface area contributed by atoms with Crippen molar-refractivity contribution in [2.75, 3.05) is 45.8 Å². The largest absolute Gasteiger partial charge is 0.390 e. The maximum absolute atomic E-state index is 10.8. The molecule has 2 fully saturated rings. The lowest BCUT2D eigenvalue weighted by Gasteiger charge is -2.41. The van der Waals surface area contributed by atoms with Crippen molar-refractivity contribution < 1.29 is 5.11 Å². The zero-order valence-corrected chi connectivity index (χ0v) is 15.9. The molecule has 0 amide bonds. The van der Waals surface area contributed by atoms with Crippen LogP contribution in [0.2, 0.25) is 0 Å². The summed E-state index contributed by atoms with van der Waals surface area (Å²) < 4.78 is 0. The molecule has 1 unspecified atom stereocenters. The lowest BCUT2D eigenvalue weighted by molar-refractivity contribution is -0.0386. The lowest BCUT2D eigenvalue weighted by atomic mass is 9.86. The number of hydrogen-bond acceptors (Lipinski definition) is 4. The van der Waals surface area contributed by atoms with Gasteiger partial charge in [-0.1, -0.05) is 6.92 Å². The summed E-state index contributed by atoms with van der Waals surface area (Å²) in [4.78, 5) is 7.69.